The molecule has 0 unspecified atom stereocenters. The fourth-order valence-electron chi connectivity index (χ4n) is 1.94. The van der Waals surface area contributed by atoms with E-state index in [4.69, 9.17) is 0 Å². The van der Waals surface area contributed by atoms with Crippen molar-refractivity contribution in [3.8, 4) is 0 Å². The minimum Gasteiger partial charge on any atom is -0.316 e. The lowest BCUT2D eigenvalue weighted by Gasteiger charge is -2.26. The van der Waals surface area contributed by atoms with Crippen LogP contribution < -0.4 is 5.32 Å². The number of benzene rings is 1. The summed E-state index contributed by atoms with van der Waals surface area (Å²) in [6.45, 7) is 4.09. The van der Waals surface area contributed by atoms with Crippen molar-refractivity contribution in [1.82, 2.24) is 5.32 Å². The average Bonchev–Trinajstić information content (AvgIpc) is 2.11. The second kappa shape index (κ2) is 4.58. The van der Waals surface area contributed by atoms with E-state index in [9.17, 15) is 4.79 Å². The monoisotopic (exact) mass is 203 g/mol. The minimum absolute atomic E-state index is 0.368. The summed E-state index contributed by atoms with van der Waals surface area (Å²) in [4.78, 5) is 11.7. The molecule has 80 valence electrons. The number of nitrogens with one attached hydrogen (secondary N) is 1. The fourth-order valence-corrected chi connectivity index (χ4v) is 1.94. The molecule has 2 heteroatoms. The van der Waals surface area contributed by atoms with Crippen molar-refractivity contribution in [1.29, 1.82) is 0 Å². The van der Waals surface area contributed by atoms with Crippen LogP contribution in [0.4, 0.5) is 0 Å². The van der Waals surface area contributed by atoms with Gasteiger partial charge >= 0.3 is 0 Å². The van der Waals surface area contributed by atoms with Gasteiger partial charge in [-0.3, -0.25) is 4.79 Å². The van der Waals surface area contributed by atoms with E-state index in [-0.39, 0.29) is 0 Å². The average molecular weight is 203 g/mol. The normalized spacial score (nSPS) is 16.1. The van der Waals surface area contributed by atoms with Crippen molar-refractivity contribution < 1.29 is 4.79 Å². The Morgan fingerprint density at radius 2 is 2.27 bits per heavy atom. The number of Topliss-reactive ketones (excluding diaryl/α,β-unsaturated/α-hetero) is 1. The van der Waals surface area contributed by atoms with Gasteiger partial charge in [-0.15, -0.1) is 0 Å². The Morgan fingerprint density at radius 3 is 2.87 bits per heavy atom. The predicted octanol–water partition coefficient (Wildman–Crippen LogP) is 1.72. The maximum Gasteiger partial charge on any atom is 0.137 e. The van der Waals surface area contributed by atoms with Crippen LogP contribution in [0.1, 0.15) is 17.5 Å². The van der Waals surface area contributed by atoms with Gasteiger partial charge in [-0.25, -0.2) is 0 Å². The molecule has 0 aliphatic carbocycles. The van der Waals surface area contributed by atoms with Gasteiger partial charge in [0.05, 0.1) is 0 Å². The molecule has 2 rings (SSSR count). The molecule has 0 aromatic heterocycles. The van der Waals surface area contributed by atoms with Gasteiger partial charge < -0.3 is 5.32 Å². The van der Waals surface area contributed by atoms with Crippen LogP contribution in [-0.4, -0.2) is 18.9 Å². The van der Waals surface area contributed by atoms with Gasteiger partial charge in [-0.2, -0.15) is 0 Å². The number of carbonyl (C=O) groups is 1. The van der Waals surface area contributed by atoms with E-state index >= 15 is 0 Å². The lowest BCUT2D eigenvalue weighted by Crippen LogP contribution is -2.43. The van der Waals surface area contributed by atoms with E-state index in [1.54, 1.807) is 0 Å². The Bertz CT molecular complexity index is 355. The van der Waals surface area contributed by atoms with Crippen LogP contribution in [0, 0.1) is 12.8 Å². The number of hydrogen-bond donors (Lipinski definition) is 1. The first-order valence-corrected chi connectivity index (χ1v) is 5.52. The molecular weight excluding hydrogens is 186 g/mol. The maximum absolute atomic E-state index is 11.7. The zero-order valence-electron chi connectivity index (χ0n) is 9.12. The van der Waals surface area contributed by atoms with Gasteiger partial charge in [-0.05, 0) is 31.5 Å². The smallest absolute Gasteiger partial charge is 0.137 e. The van der Waals surface area contributed by atoms with E-state index in [1.807, 2.05) is 12.1 Å². The van der Waals surface area contributed by atoms with Crippen molar-refractivity contribution in [2.45, 2.75) is 19.8 Å². The molecule has 0 amide bonds. The molecule has 1 saturated heterocycles. The third-order valence-electron chi connectivity index (χ3n) is 2.87. The zero-order chi connectivity index (χ0) is 10.7. The number of rotatable bonds is 4. The van der Waals surface area contributed by atoms with Crippen molar-refractivity contribution in [3.63, 3.8) is 0 Å². The van der Waals surface area contributed by atoms with Crippen LogP contribution >= 0.6 is 0 Å². The van der Waals surface area contributed by atoms with Crippen LogP contribution in [0.25, 0.3) is 0 Å². The van der Waals surface area contributed by atoms with Crippen molar-refractivity contribution in [3.05, 3.63) is 35.4 Å². The summed E-state index contributed by atoms with van der Waals surface area (Å²) in [6.07, 6.45) is 1.33. The third-order valence-corrected chi connectivity index (χ3v) is 2.87. The molecule has 2 nitrogen and oxygen atoms in total. The number of carbonyl (C=O) groups excluding carboxylic acids is 1. The Morgan fingerprint density at radius 1 is 1.47 bits per heavy atom. The summed E-state index contributed by atoms with van der Waals surface area (Å²) in [5.74, 6) is 0.953. The van der Waals surface area contributed by atoms with Crippen LogP contribution in [0.5, 0.6) is 0 Å². The second-order valence-corrected chi connectivity index (χ2v) is 4.43. The number of ketones is 1. The lowest BCUT2D eigenvalue weighted by atomic mass is 9.94. The quantitative estimate of drug-likeness (QED) is 0.807. The van der Waals surface area contributed by atoms with E-state index in [0.29, 0.717) is 18.1 Å². The number of hydrogen-bond acceptors (Lipinski definition) is 2. The first-order chi connectivity index (χ1) is 7.24. The Hall–Kier alpha value is -1.15. The molecule has 1 fully saturated rings. The first-order valence-electron chi connectivity index (χ1n) is 5.52. The molecule has 1 aliphatic heterocycles. The summed E-state index contributed by atoms with van der Waals surface area (Å²) < 4.78 is 0. The first kappa shape index (κ1) is 10.4. The summed E-state index contributed by atoms with van der Waals surface area (Å²) in [5, 5.41) is 3.19. The Kier molecular flexibility index (Phi) is 3.17. The van der Waals surface area contributed by atoms with Crippen LogP contribution in [0.3, 0.4) is 0 Å². The fraction of sp³-hybridized carbons (Fsp3) is 0.462. The molecule has 1 aromatic carbocycles. The summed E-state index contributed by atoms with van der Waals surface area (Å²) >= 11 is 0. The van der Waals surface area contributed by atoms with Gasteiger partial charge in [0.2, 0.25) is 0 Å². The molecule has 15 heavy (non-hydrogen) atoms. The molecule has 0 spiro atoms. The SMILES string of the molecule is Cc1cccc(CC(=O)CC2CNC2)c1. The molecule has 1 heterocycles. The zero-order valence-corrected chi connectivity index (χ0v) is 9.12. The Labute approximate surface area is 90.7 Å². The molecular formula is C13H17NO. The molecule has 1 aliphatic rings. The molecule has 0 saturated carbocycles. The summed E-state index contributed by atoms with van der Waals surface area (Å²) in [5.41, 5.74) is 2.37. The molecule has 0 radical (unpaired) electrons. The van der Waals surface area contributed by atoms with Crippen molar-refractivity contribution >= 4 is 5.78 Å². The predicted molar refractivity (Wildman–Crippen MR) is 60.9 cm³/mol. The van der Waals surface area contributed by atoms with E-state index < -0.39 is 0 Å². The minimum atomic E-state index is 0.368. The standard InChI is InChI=1S/C13H17NO/c1-10-3-2-4-11(5-10)6-13(15)7-12-8-14-9-12/h2-5,12,14H,6-9H2,1H3. The van der Waals surface area contributed by atoms with Gasteiger partial charge in [0.25, 0.3) is 0 Å². The van der Waals surface area contributed by atoms with Crippen LogP contribution in [0.15, 0.2) is 24.3 Å². The van der Waals surface area contributed by atoms with Gasteiger partial charge in [0.15, 0.2) is 0 Å². The highest BCUT2D eigenvalue weighted by molar-refractivity contribution is 5.81. The molecule has 0 atom stereocenters. The van der Waals surface area contributed by atoms with Gasteiger partial charge in [-0.1, -0.05) is 29.8 Å². The van der Waals surface area contributed by atoms with Crippen LogP contribution in [-0.2, 0) is 11.2 Å². The van der Waals surface area contributed by atoms with Gasteiger partial charge in [0.1, 0.15) is 5.78 Å². The van der Waals surface area contributed by atoms with E-state index in [2.05, 4.69) is 24.4 Å². The molecule has 1 aromatic rings. The number of aryl methyl sites for hydroxylation is 1. The highest BCUT2D eigenvalue weighted by Crippen LogP contribution is 2.12. The van der Waals surface area contributed by atoms with Crippen molar-refractivity contribution in [2.24, 2.45) is 5.92 Å². The lowest BCUT2D eigenvalue weighted by molar-refractivity contribution is -0.119. The highest BCUT2D eigenvalue weighted by Gasteiger charge is 2.19. The summed E-state index contributed by atoms with van der Waals surface area (Å²) in [7, 11) is 0. The maximum atomic E-state index is 11.7. The topological polar surface area (TPSA) is 29.1 Å². The van der Waals surface area contributed by atoms with E-state index in [0.717, 1.165) is 25.1 Å². The molecule has 0 bridgehead atoms. The Balaban J connectivity index is 1.87. The third kappa shape index (κ3) is 2.90. The highest BCUT2D eigenvalue weighted by atomic mass is 16.1. The largest absolute Gasteiger partial charge is 0.316 e. The van der Waals surface area contributed by atoms with E-state index in [1.165, 1.54) is 5.56 Å². The van der Waals surface area contributed by atoms with Gasteiger partial charge in [0, 0.05) is 12.8 Å². The second-order valence-electron chi connectivity index (χ2n) is 4.43. The molecule has 1 N–H and O–H groups in total. The van der Waals surface area contributed by atoms with Crippen LogP contribution in [0.2, 0.25) is 0 Å². The summed E-state index contributed by atoms with van der Waals surface area (Å²) in [6, 6.07) is 8.20. The van der Waals surface area contributed by atoms with Crippen molar-refractivity contribution in [2.75, 3.05) is 13.1 Å².